The van der Waals surface area contributed by atoms with Crippen molar-refractivity contribution in [1.82, 2.24) is 20.4 Å². The van der Waals surface area contributed by atoms with Crippen molar-refractivity contribution in [3.8, 4) is 0 Å². The maximum absolute atomic E-state index is 12.9. The van der Waals surface area contributed by atoms with Gasteiger partial charge in [-0.1, -0.05) is 5.16 Å². The molecule has 12 nitrogen and oxygen atoms in total. The minimum Gasteiger partial charge on any atom is -0.386 e. The zero-order valence-corrected chi connectivity index (χ0v) is 20.6. The molecule has 0 aliphatic carbocycles. The van der Waals surface area contributed by atoms with Crippen molar-refractivity contribution in [3.05, 3.63) is 53.3 Å². The van der Waals surface area contributed by atoms with Crippen LogP contribution in [0.5, 0.6) is 0 Å². The summed E-state index contributed by atoms with van der Waals surface area (Å²) < 4.78 is 67.2. The van der Waals surface area contributed by atoms with Gasteiger partial charge in [-0.3, -0.25) is 14.6 Å². The van der Waals surface area contributed by atoms with Gasteiger partial charge in [-0.05, 0) is 31.5 Å². The number of aliphatic imine (C=N–C) groups is 1. The molecule has 16 heteroatoms. The Morgan fingerprint density at radius 1 is 1.24 bits per heavy atom. The molecule has 1 aliphatic rings. The Morgan fingerprint density at radius 2 is 2.00 bits per heavy atom. The minimum absolute atomic E-state index is 0.0419. The van der Waals surface area contributed by atoms with E-state index in [1.54, 1.807) is 6.92 Å². The van der Waals surface area contributed by atoms with Crippen molar-refractivity contribution >= 4 is 45.1 Å². The zero-order valence-electron chi connectivity index (χ0n) is 19.8. The van der Waals surface area contributed by atoms with Crippen LogP contribution in [0.15, 0.2) is 45.0 Å². The van der Waals surface area contributed by atoms with Gasteiger partial charge in [-0.15, -0.1) is 0 Å². The lowest BCUT2D eigenvalue weighted by atomic mass is 10.0. The molecule has 0 saturated heterocycles. The molecule has 0 spiro atoms. The van der Waals surface area contributed by atoms with Crippen molar-refractivity contribution in [2.75, 3.05) is 17.7 Å². The van der Waals surface area contributed by atoms with E-state index in [2.05, 4.69) is 36.1 Å². The number of nitrogens with one attached hydrogen (secondary N) is 3. The molecule has 0 saturated carbocycles. The Kier molecular flexibility index (Phi) is 7.17. The van der Waals surface area contributed by atoms with Gasteiger partial charge in [0.2, 0.25) is 5.91 Å². The summed E-state index contributed by atoms with van der Waals surface area (Å²) in [6, 6.07) is 3.61. The topological polar surface area (TPSA) is 169 Å². The van der Waals surface area contributed by atoms with Gasteiger partial charge in [0.25, 0.3) is 15.7 Å². The van der Waals surface area contributed by atoms with Crippen molar-refractivity contribution in [3.63, 3.8) is 0 Å². The van der Waals surface area contributed by atoms with Gasteiger partial charge < -0.3 is 20.5 Å². The molecule has 1 unspecified atom stereocenters. The zero-order chi connectivity index (χ0) is 27.7. The summed E-state index contributed by atoms with van der Waals surface area (Å²) >= 11 is 0. The van der Waals surface area contributed by atoms with Gasteiger partial charge in [0.15, 0.2) is 5.76 Å². The highest BCUT2D eigenvalue weighted by atomic mass is 32.2. The number of hydrogen-bond donors (Lipinski definition) is 3. The molecular weight excluding hydrogens is 531 g/mol. The molecule has 1 atom stereocenters. The van der Waals surface area contributed by atoms with Crippen LogP contribution in [0.4, 0.5) is 30.4 Å². The Labute approximate surface area is 213 Å². The van der Waals surface area contributed by atoms with Gasteiger partial charge in [-0.2, -0.15) is 13.2 Å². The van der Waals surface area contributed by atoms with Crippen LogP contribution in [0.25, 0.3) is 0 Å². The molecular formula is C22H20F3N7O5S. The van der Waals surface area contributed by atoms with Crippen LogP contribution in [0.3, 0.4) is 0 Å². The molecule has 1 aliphatic heterocycles. The minimum atomic E-state index is -5.52. The second-order valence-corrected chi connectivity index (χ2v) is 10.0. The molecule has 2 amide bonds. The summed E-state index contributed by atoms with van der Waals surface area (Å²) in [6.07, 6.45) is 2.97. The van der Waals surface area contributed by atoms with Crippen molar-refractivity contribution in [1.29, 1.82) is 0 Å². The van der Waals surface area contributed by atoms with Crippen LogP contribution in [0.2, 0.25) is 0 Å². The first-order chi connectivity index (χ1) is 17.9. The molecule has 4 rings (SSSR count). The van der Waals surface area contributed by atoms with E-state index in [4.69, 9.17) is 4.52 Å². The second-order valence-electron chi connectivity index (χ2n) is 8.08. The first-order valence-electron chi connectivity index (χ1n) is 11.0. The number of amides is 2. The Hall–Kier alpha value is -4.34. The number of aromatic nitrogens is 3. The van der Waals surface area contributed by atoms with Crippen LogP contribution >= 0.6 is 0 Å². The number of benzene rings is 1. The number of carbonyl (C=O) groups is 2. The van der Waals surface area contributed by atoms with E-state index in [0.717, 1.165) is 18.2 Å². The molecule has 38 heavy (non-hydrogen) atoms. The molecule has 2 aromatic heterocycles. The average Bonchev–Trinajstić information content (AvgIpc) is 3.35. The fraction of sp³-hybridized carbons (Fsp3) is 0.273. The smallest absolute Gasteiger partial charge is 0.386 e. The summed E-state index contributed by atoms with van der Waals surface area (Å²) in [6.45, 7) is 1.65. The van der Waals surface area contributed by atoms with Crippen LogP contribution in [-0.2, 0) is 21.1 Å². The number of carbonyl (C=O) groups excluding carboxylic acids is 2. The monoisotopic (exact) mass is 551 g/mol. The average molecular weight is 552 g/mol. The van der Waals surface area contributed by atoms with Crippen molar-refractivity contribution in [2.24, 2.45) is 4.99 Å². The van der Waals surface area contributed by atoms with E-state index in [1.807, 2.05) is 0 Å². The van der Waals surface area contributed by atoms with Crippen LogP contribution in [0, 0.1) is 0 Å². The standard InChI is InChI=1S/C22H20F3N7O5S/c1-11(30-21(34)19-14-4-6-18(33)31-20(14)29-10-28-19)17-7-12(32-37-17)9-27-15-5-3-13(8-16(15)26-2)38(35,36)22(23,24)25/h3,5,7-11,26H,4,6H2,1-2H3,(H,30,34)(H,28,29,31,33). The summed E-state index contributed by atoms with van der Waals surface area (Å²) in [7, 11) is -4.11. The number of hydrogen-bond acceptors (Lipinski definition) is 10. The highest BCUT2D eigenvalue weighted by Crippen LogP contribution is 2.34. The number of anilines is 2. The van der Waals surface area contributed by atoms with E-state index in [1.165, 1.54) is 25.7 Å². The normalized spacial score (nSPS) is 14.6. The quantitative estimate of drug-likeness (QED) is 0.374. The van der Waals surface area contributed by atoms with Gasteiger partial charge >= 0.3 is 5.51 Å². The second kappa shape index (κ2) is 10.2. The fourth-order valence-corrected chi connectivity index (χ4v) is 4.34. The van der Waals surface area contributed by atoms with E-state index in [0.29, 0.717) is 12.0 Å². The molecule has 0 fully saturated rings. The predicted molar refractivity (Wildman–Crippen MR) is 128 cm³/mol. The molecule has 3 aromatic rings. The molecule has 3 heterocycles. The third-order valence-corrected chi connectivity index (χ3v) is 7.01. The van der Waals surface area contributed by atoms with Gasteiger partial charge in [0, 0.05) is 25.1 Å². The third kappa shape index (κ3) is 5.34. The van der Waals surface area contributed by atoms with E-state index in [9.17, 15) is 31.2 Å². The largest absolute Gasteiger partial charge is 0.501 e. The number of nitrogens with zero attached hydrogens (tertiary/aromatic N) is 4. The summed E-state index contributed by atoms with van der Waals surface area (Å²) in [5.74, 6) is -0.143. The first kappa shape index (κ1) is 26.7. The van der Waals surface area contributed by atoms with Crippen molar-refractivity contribution < 1.29 is 35.7 Å². The van der Waals surface area contributed by atoms with Crippen LogP contribution in [0.1, 0.15) is 46.9 Å². The lowest BCUT2D eigenvalue weighted by molar-refractivity contribution is -0.116. The van der Waals surface area contributed by atoms with Crippen LogP contribution in [-0.4, -0.2) is 54.1 Å². The fourth-order valence-electron chi connectivity index (χ4n) is 3.55. The SMILES string of the molecule is CNc1cc(S(=O)(=O)C(F)(F)F)ccc1N=Cc1cc(C(C)NC(=O)c2ncnc3c2CCC(=O)N3)on1. The Bertz CT molecular complexity index is 1540. The Balaban J connectivity index is 1.47. The third-order valence-electron chi connectivity index (χ3n) is 5.53. The number of halogens is 3. The van der Waals surface area contributed by atoms with E-state index < -0.39 is 32.2 Å². The predicted octanol–water partition coefficient (Wildman–Crippen LogP) is 2.93. The molecule has 3 N–H and O–H groups in total. The highest BCUT2D eigenvalue weighted by Gasteiger charge is 2.47. The maximum Gasteiger partial charge on any atom is 0.501 e. The van der Waals surface area contributed by atoms with Gasteiger partial charge in [0.1, 0.15) is 23.5 Å². The maximum atomic E-state index is 12.9. The lowest BCUT2D eigenvalue weighted by Crippen LogP contribution is -2.30. The highest BCUT2D eigenvalue weighted by molar-refractivity contribution is 7.92. The van der Waals surface area contributed by atoms with Gasteiger partial charge in [-0.25, -0.2) is 18.4 Å². The van der Waals surface area contributed by atoms with Gasteiger partial charge in [0.05, 0.1) is 28.5 Å². The van der Waals surface area contributed by atoms with Crippen LogP contribution < -0.4 is 16.0 Å². The Morgan fingerprint density at radius 3 is 2.71 bits per heavy atom. The number of rotatable bonds is 7. The number of sulfone groups is 1. The molecule has 1 aromatic carbocycles. The number of fused-ring (bicyclic) bond motifs is 1. The molecule has 0 bridgehead atoms. The number of alkyl halides is 3. The summed E-state index contributed by atoms with van der Waals surface area (Å²) in [5.41, 5.74) is -4.36. The lowest BCUT2D eigenvalue weighted by Gasteiger charge is -2.18. The molecule has 0 radical (unpaired) electrons. The van der Waals surface area contributed by atoms with Crippen molar-refractivity contribution in [2.45, 2.75) is 36.2 Å². The molecule has 200 valence electrons. The van der Waals surface area contributed by atoms with E-state index in [-0.39, 0.29) is 46.7 Å². The summed E-state index contributed by atoms with van der Waals surface area (Å²) in [4.78, 5) is 35.6. The summed E-state index contributed by atoms with van der Waals surface area (Å²) in [5, 5.41) is 11.8. The first-order valence-corrected chi connectivity index (χ1v) is 12.5. The van der Waals surface area contributed by atoms with E-state index >= 15 is 0 Å².